The molecule has 1 aromatic heterocycles. The Bertz CT molecular complexity index is 507. The number of hydrogen-bond acceptors (Lipinski definition) is 2. The number of halogens is 2. The van der Waals surface area contributed by atoms with Crippen molar-refractivity contribution in [3.8, 4) is 5.69 Å². The Morgan fingerprint density at radius 3 is 2.59 bits per heavy atom. The second-order valence-electron chi connectivity index (χ2n) is 3.94. The van der Waals surface area contributed by atoms with E-state index in [1.807, 2.05) is 0 Å². The summed E-state index contributed by atoms with van der Waals surface area (Å²) in [6.07, 6.45) is 0.941. The fourth-order valence-corrected chi connectivity index (χ4v) is 1.73. The lowest BCUT2D eigenvalue weighted by Crippen LogP contribution is -2.06. The Morgan fingerprint density at radius 2 is 2.00 bits per heavy atom. The first-order valence-corrected chi connectivity index (χ1v) is 5.88. The third kappa shape index (κ3) is 2.47. The van der Waals surface area contributed by atoms with E-state index in [1.165, 1.54) is 12.1 Å². The number of hydrogen-bond donors (Lipinski definition) is 0. The predicted molar refractivity (Wildman–Crippen MR) is 65.0 cm³/mol. The molecule has 0 bridgehead atoms. The average molecular weight is 254 g/mol. The molecule has 1 aromatic carbocycles. The monoisotopic (exact) mass is 253 g/mol. The molecule has 0 saturated carbocycles. The molecule has 3 nitrogen and oxygen atoms in total. The average Bonchev–Trinajstić information content (AvgIpc) is 2.71. The summed E-state index contributed by atoms with van der Waals surface area (Å²) in [5.41, 5.74) is 0.765. The molecular weight excluding hydrogens is 241 g/mol. The lowest BCUT2D eigenvalue weighted by Gasteiger charge is -2.10. The minimum atomic E-state index is -0.273. The number of rotatable bonds is 3. The molecule has 0 aliphatic heterocycles. The Kier molecular flexibility index (Phi) is 3.43. The minimum absolute atomic E-state index is 0.213. The van der Waals surface area contributed by atoms with Gasteiger partial charge in [-0.2, -0.15) is 0 Å². The van der Waals surface area contributed by atoms with E-state index in [4.69, 9.17) is 11.6 Å². The molecule has 0 amide bonds. The van der Waals surface area contributed by atoms with E-state index in [0.717, 1.165) is 17.9 Å². The van der Waals surface area contributed by atoms with Crippen LogP contribution in [0.15, 0.2) is 24.3 Å². The van der Waals surface area contributed by atoms with Crippen molar-refractivity contribution in [1.29, 1.82) is 0 Å². The predicted octanol–water partition coefficient (Wildman–Crippen LogP) is 3.57. The minimum Gasteiger partial charge on any atom is -0.216 e. The van der Waals surface area contributed by atoms with Crippen molar-refractivity contribution in [2.24, 2.45) is 0 Å². The molecule has 0 fully saturated rings. The molecule has 5 heteroatoms. The summed E-state index contributed by atoms with van der Waals surface area (Å²) in [6, 6.07) is 6.11. The lowest BCUT2D eigenvalue weighted by atomic mass is 10.1. The highest BCUT2D eigenvalue weighted by Gasteiger charge is 2.15. The molecule has 0 spiro atoms. The zero-order chi connectivity index (χ0) is 12.4. The van der Waals surface area contributed by atoms with Gasteiger partial charge in [-0.05, 0) is 42.3 Å². The highest BCUT2D eigenvalue weighted by Crippen LogP contribution is 2.21. The lowest BCUT2D eigenvalue weighted by molar-refractivity contribution is 0.623. The van der Waals surface area contributed by atoms with Gasteiger partial charge in [0.1, 0.15) is 11.6 Å². The van der Waals surface area contributed by atoms with Gasteiger partial charge in [0.05, 0.1) is 5.69 Å². The van der Waals surface area contributed by atoms with Crippen LogP contribution in [0.1, 0.15) is 32.0 Å². The van der Waals surface area contributed by atoms with Crippen molar-refractivity contribution in [2.45, 2.75) is 26.2 Å². The van der Waals surface area contributed by atoms with Crippen molar-refractivity contribution >= 4 is 11.6 Å². The van der Waals surface area contributed by atoms with Crippen molar-refractivity contribution in [2.75, 3.05) is 0 Å². The summed E-state index contributed by atoms with van der Waals surface area (Å²) in [6.45, 7) is 4.13. The van der Waals surface area contributed by atoms with E-state index in [1.54, 1.807) is 16.8 Å². The molecule has 0 N–H and O–H groups in total. The highest BCUT2D eigenvalue weighted by atomic mass is 35.5. The van der Waals surface area contributed by atoms with Gasteiger partial charge in [0.2, 0.25) is 5.28 Å². The molecule has 0 aliphatic rings. The van der Waals surface area contributed by atoms with Crippen LogP contribution in [0, 0.1) is 5.82 Å². The maximum absolute atomic E-state index is 12.9. The van der Waals surface area contributed by atoms with Gasteiger partial charge in [-0.3, -0.25) is 0 Å². The topological polar surface area (TPSA) is 30.7 Å². The third-order valence-electron chi connectivity index (χ3n) is 2.73. The van der Waals surface area contributed by atoms with Gasteiger partial charge in [0.15, 0.2) is 0 Å². The molecule has 1 heterocycles. The molecular formula is C12H13ClFN3. The van der Waals surface area contributed by atoms with Crippen LogP contribution in [0.3, 0.4) is 0 Å². The van der Waals surface area contributed by atoms with Crippen LogP contribution in [-0.2, 0) is 0 Å². The molecule has 0 unspecified atom stereocenters. The Balaban J connectivity index is 2.47. The normalized spacial score (nSPS) is 12.7. The highest BCUT2D eigenvalue weighted by molar-refractivity contribution is 6.28. The third-order valence-corrected chi connectivity index (χ3v) is 2.89. The van der Waals surface area contributed by atoms with E-state index >= 15 is 0 Å². The van der Waals surface area contributed by atoms with Gasteiger partial charge in [0.25, 0.3) is 0 Å². The van der Waals surface area contributed by atoms with Crippen molar-refractivity contribution in [3.05, 3.63) is 41.2 Å². The van der Waals surface area contributed by atoms with Gasteiger partial charge in [0, 0.05) is 5.92 Å². The van der Waals surface area contributed by atoms with Gasteiger partial charge >= 0.3 is 0 Å². The summed E-state index contributed by atoms with van der Waals surface area (Å²) in [5.74, 6) is 0.772. The summed E-state index contributed by atoms with van der Waals surface area (Å²) < 4.78 is 14.5. The van der Waals surface area contributed by atoms with Gasteiger partial charge in [-0.1, -0.05) is 13.8 Å². The zero-order valence-electron chi connectivity index (χ0n) is 9.69. The maximum Gasteiger partial charge on any atom is 0.243 e. The second-order valence-corrected chi connectivity index (χ2v) is 4.27. The summed E-state index contributed by atoms with van der Waals surface area (Å²) >= 11 is 5.83. The molecule has 17 heavy (non-hydrogen) atoms. The van der Waals surface area contributed by atoms with Gasteiger partial charge in [-0.15, -0.1) is 5.10 Å². The quantitative estimate of drug-likeness (QED) is 0.837. The van der Waals surface area contributed by atoms with Crippen LogP contribution in [-0.4, -0.2) is 14.8 Å². The second kappa shape index (κ2) is 4.84. The summed E-state index contributed by atoms with van der Waals surface area (Å²) in [5, 5.41) is 4.34. The Labute approximate surface area is 104 Å². The molecule has 90 valence electrons. The molecule has 2 rings (SSSR count). The first-order valence-electron chi connectivity index (χ1n) is 5.50. The Hall–Kier alpha value is -1.42. The SMILES string of the molecule is CC[C@H](C)c1nc(Cl)nn1-c1ccc(F)cc1. The van der Waals surface area contributed by atoms with Gasteiger partial charge < -0.3 is 0 Å². The largest absolute Gasteiger partial charge is 0.243 e. The van der Waals surface area contributed by atoms with Crippen LogP contribution in [0.25, 0.3) is 5.69 Å². The standard InChI is InChI=1S/C12H13ClFN3/c1-3-8(2)11-15-12(13)16-17(11)10-6-4-9(14)5-7-10/h4-8H,3H2,1-2H3/t8-/m0/s1. The van der Waals surface area contributed by atoms with E-state index < -0.39 is 0 Å². The number of aromatic nitrogens is 3. The van der Waals surface area contributed by atoms with Crippen LogP contribution < -0.4 is 0 Å². The summed E-state index contributed by atoms with van der Waals surface area (Å²) in [7, 11) is 0. The number of benzene rings is 1. The molecule has 1 atom stereocenters. The summed E-state index contributed by atoms with van der Waals surface area (Å²) in [4.78, 5) is 4.20. The van der Waals surface area contributed by atoms with Crippen LogP contribution >= 0.6 is 11.6 Å². The molecule has 0 aliphatic carbocycles. The molecule has 0 radical (unpaired) electrons. The fourth-order valence-electron chi connectivity index (χ4n) is 1.57. The first-order chi connectivity index (χ1) is 8.11. The molecule has 2 aromatic rings. The smallest absolute Gasteiger partial charge is 0.216 e. The van der Waals surface area contributed by atoms with E-state index in [0.29, 0.717) is 0 Å². The zero-order valence-corrected chi connectivity index (χ0v) is 10.4. The van der Waals surface area contributed by atoms with E-state index in [-0.39, 0.29) is 17.0 Å². The van der Waals surface area contributed by atoms with Crippen molar-refractivity contribution in [1.82, 2.24) is 14.8 Å². The maximum atomic E-state index is 12.9. The number of nitrogens with zero attached hydrogens (tertiary/aromatic N) is 3. The Morgan fingerprint density at radius 1 is 1.35 bits per heavy atom. The van der Waals surface area contributed by atoms with Crippen LogP contribution in [0.4, 0.5) is 4.39 Å². The van der Waals surface area contributed by atoms with Crippen molar-refractivity contribution < 1.29 is 4.39 Å². The van der Waals surface area contributed by atoms with Crippen LogP contribution in [0.2, 0.25) is 5.28 Å². The van der Waals surface area contributed by atoms with Gasteiger partial charge in [-0.25, -0.2) is 14.1 Å². The molecule has 0 saturated heterocycles. The van der Waals surface area contributed by atoms with E-state index in [9.17, 15) is 4.39 Å². The fraction of sp³-hybridized carbons (Fsp3) is 0.333. The first kappa shape index (κ1) is 12.0. The van der Waals surface area contributed by atoms with E-state index in [2.05, 4.69) is 23.9 Å². The van der Waals surface area contributed by atoms with Crippen LogP contribution in [0.5, 0.6) is 0 Å². The van der Waals surface area contributed by atoms with Crippen molar-refractivity contribution in [3.63, 3.8) is 0 Å².